The van der Waals surface area contributed by atoms with Crippen molar-refractivity contribution in [3.63, 3.8) is 0 Å². The number of amides is 3. The fraction of sp³-hybridized carbons (Fsp3) is 0.467. The second-order valence-corrected chi connectivity index (χ2v) is 11.3. The minimum absolute atomic E-state index is 0.0240. The maximum absolute atomic E-state index is 13.7. The molecule has 2 N–H and O–H groups in total. The topological polar surface area (TPSA) is 138 Å². The number of anilines is 1. The third kappa shape index (κ3) is 8.39. The molecule has 15 heteroatoms. The molecule has 1 unspecified atom stereocenters. The Labute approximate surface area is 264 Å². The van der Waals surface area contributed by atoms with E-state index in [1.54, 1.807) is 13.8 Å². The summed E-state index contributed by atoms with van der Waals surface area (Å²) >= 11 is 1.24. The number of carbonyl (C=O) groups is 3. The van der Waals surface area contributed by atoms with Crippen LogP contribution in [0.4, 0.5) is 19.4 Å². The monoisotopic (exact) mass is 643 g/mol. The summed E-state index contributed by atoms with van der Waals surface area (Å²) in [7, 11) is 1.35. The molecule has 12 nitrogen and oxygen atoms in total. The molecule has 3 amide bonds. The zero-order valence-electron chi connectivity index (χ0n) is 25.6. The Balaban J connectivity index is 0.00000226. The van der Waals surface area contributed by atoms with Gasteiger partial charge in [0.15, 0.2) is 10.5 Å². The van der Waals surface area contributed by atoms with Crippen LogP contribution in [0.2, 0.25) is 0 Å². The number of methoxy groups -OCH3 is 1. The molecular formula is C30H35F2N7O5S. The number of hydrogen-bond donors (Lipinski definition) is 2. The second kappa shape index (κ2) is 15.0. The number of carbonyl (C=O) groups excluding carboxylic acids is 3. The summed E-state index contributed by atoms with van der Waals surface area (Å²) in [6, 6.07) is 2.59. The Morgan fingerprint density at radius 2 is 1.87 bits per heavy atom. The van der Waals surface area contributed by atoms with Crippen molar-refractivity contribution < 1.29 is 32.6 Å². The number of hydrazone groups is 1. The minimum Gasteiger partial charge on any atom is -0.494 e. The summed E-state index contributed by atoms with van der Waals surface area (Å²) in [6.45, 7) is 7.46. The van der Waals surface area contributed by atoms with Gasteiger partial charge in [-0.1, -0.05) is 25.7 Å². The van der Waals surface area contributed by atoms with Crippen molar-refractivity contribution in [1.82, 2.24) is 25.6 Å². The molecule has 4 heterocycles. The first-order chi connectivity index (χ1) is 21.6. The summed E-state index contributed by atoms with van der Waals surface area (Å²) in [6.07, 6.45) is 0.735. The maximum atomic E-state index is 13.7. The predicted molar refractivity (Wildman–Crippen MR) is 166 cm³/mol. The molecule has 2 aliphatic heterocycles. The summed E-state index contributed by atoms with van der Waals surface area (Å²) in [5, 5.41) is 6.82. The lowest BCUT2D eigenvalue weighted by Crippen LogP contribution is -2.53. The number of nitrogens with zero attached hydrogens (tertiary/aromatic N) is 5. The van der Waals surface area contributed by atoms with Crippen molar-refractivity contribution in [3.8, 4) is 28.7 Å². The number of rotatable bonds is 6. The smallest absolute Gasteiger partial charge is 0.410 e. The largest absolute Gasteiger partial charge is 0.494 e. The molecule has 1 atom stereocenters. The number of ether oxygens (including phenoxy) is 2. The summed E-state index contributed by atoms with van der Waals surface area (Å²) in [5.41, 5.74) is 2.70. The van der Waals surface area contributed by atoms with Gasteiger partial charge in [-0.2, -0.15) is 5.10 Å². The number of pyridine rings is 2. The Kier molecular flexibility index (Phi) is 11.2. The molecule has 0 radical (unpaired) electrons. The fourth-order valence-corrected chi connectivity index (χ4v) is 4.99. The minimum atomic E-state index is -2.88. The number of thioether (sulfide) groups is 1. The Bertz CT molecular complexity index is 1520. The van der Waals surface area contributed by atoms with Crippen molar-refractivity contribution >= 4 is 40.7 Å². The number of hydrogen-bond acceptors (Lipinski definition) is 10. The molecule has 0 spiro atoms. The first-order valence-corrected chi connectivity index (χ1v) is 15.4. The van der Waals surface area contributed by atoms with Gasteiger partial charge in [0, 0.05) is 36.3 Å². The highest BCUT2D eigenvalue weighted by molar-refractivity contribution is 8.14. The van der Waals surface area contributed by atoms with Crippen LogP contribution < -0.4 is 20.4 Å². The van der Waals surface area contributed by atoms with E-state index >= 15 is 0 Å². The summed E-state index contributed by atoms with van der Waals surface area (Å²) in [4.78, 5) is 49.7. The van der Waals surface area contributed by atoms with Crippen molar-refractivity contribution in [3.05, 3.63) is 35.8 Å². The number of aromatic nitrogens is 2. The van der Waals surface area contributed by atoms with Gasteiger partial charge in [-0.25, -0.2) is 18.6 Å². The van der Waals surface area contributed by atoms with Gasteiger partial charge in [-0.3, -0.25) is 35.1 Å². The quantitative estimate of drug-likeness (QED) is 0.439. The second-order valence-electron chi connectivity index (χ2n) is 10.2. The van der Waals surface area contributed by atoms with Gasteiger partial charge in [-0.05, 0) is 50.6 Å². The van der Waals surface area contributed by atoms with Crippen LogP contribution in [0.1, 0.15) is 63.0 Å². The first-order valence-electron chi connectivity index (χ1n) is 14.5. The van der Waals surface area contributed by atoms with Crippen LogP contribution in [0.25, 0.3) is 11.1 Å². The lowest BCUT2D eigenvalue weighted by atomic mass is 9.99. The molecule has 2 aromatic rings. The van der Waals surface area contributed by atoms with E-state index < -0.39 is 30.0 Å². The van der Waals surface area contributed by atoms with E-state index in [-0.39, 0.29) is 64.5 Å². The SMILES string of the molecule is CC.COc1cnc(C(F)F)cc1-c1cc(N2CCN(C(=O)OC(C)C)CC2=O)ncc1C(=O)NC1=NNC(C#CC2CC2)S1. The molecule has 5 rings (SSSR count). The molecular weight excluding hydrogens is 608 g/mol. The zero-order chi connectivity index (χ0) is 32.7. The standard InChI is InChI=1S/C28H29F2N7O5S.C2H6/c1-15(2)42-28(40)36-8-9-37(24(38)14-36)22-11-17(18-10-20(25(29)30)31-13-21(18)41-3)19(12-32-22)26(39)33-27-35-34-23(43-27)7-6-16-4-5-16;1-2/h10-13,15-16,23,25,34H,4-5,8-9,14H2,1-3H3,(H,33,35,39);1-2H3. The van der Waals surface area contributed by atoms with E-state index in [0.717, 1.165) is 25.1 Å². The van der Waals surface area contributed by atoms with Crippen molar-refractivity contribution in [2.75, 3.05) is 31.6 Å². The first kappa shape index (κ1) is 33.4. The third-order valence-electron chi connectivity index (χ3n) is 6.58. The number of nitrogens with one attached hydrogen (secondary N) is 2. The van der Waals surface area contributed by atoms with Crippen LogP contribution in [0.15, 0.2) is 29.6 Å². The normalized spacial score (nSPS) is 17.5. The lowest BCUT2D eigenvalue weighted by Gasteiger charge is -2.33. The average molecular weight is 644 g/mol. The maximum Gasteiger partial charge on any atom is 0.410 e. The highest BCUT2D eigenvalue weighted by Gasteiger charge is 2.32. The van der Waals surface area contributed by atoms with Crippen molar-refractivity contribution in [1.29, 1.82) is 0 Å². The number of piperazine rings is 1. The van der Waals surface area contributed by atoms with Gasteiger partial charge in [-0.15, -0.1) is 0 Å². The molecule has 1 saturated heterocycles. The van der Waals surface area contributed by atoms with Gasteiger partial charge < -0.3 is 9.47 Å². The van der Waals surface area contributed by atoms with E-state index in [0.29, 0.717) is 5.92 Å². The highest BCUT2D eigenvalue weighted by Crippen LogP contribution is 2.36. The van der Waals surface area contributed by atoms with Gasteiger partial charge in [0.1, 0.15) is 23.8 Å². The zero-order valence-corrected chi connectivity index (χ0v) is 26.4. The van der Waals surface area contributed by atoms with Crippen LogP contribution in [0.3, 0.4) is 0 Å². The summed E-state index contributed by atoms with van der Waals surface area (Å²) in [5.74, 6) is 5.89. The number of alkyl halides is 2. The van der Waals surface area contributed by atoms with Gasteiger partial charge in [0.05, 0.1) is 25.0 Å². The van der Waals surface area contributed by atoms with E-state index in [1.807, 2.05) is 13.8 Å². The third-order valence-corrected chi connectivity index (χ3v) is 7.45. The van der Waals surface area contributed by atoms with Gasteiger partial charge in [0.25, 0.3) is 12.3 Å². The molecule has 1 saturated carbocycles. The molecule has 3 aliphatic rings. The van der Waals surface area contributed by atoms with Gasteiger partial charge >= 0.3 is 6.09 Å². The predicted octanol–water partition coefficient (Wildman–Crippen LogP) is 4.39. The molecule has 240 valence electrons. The Hall–Kier alpha value is -4.45. The van der Waals surface area contributed by atoms with Crippen LogP contribution in [0, 0.1) is 17.8 Å². The van der Waals surface area contributed by atoms with E-state index in [9.17, 15) is 23.2 Å². The van der Waals surface area contributed by atoms with E-state index in [4.69, 9.17) is 9.47 Å². The van der Waals surface area contributed by atoms with Crippen LogP contribution in [-0.2, 0) is 9.53 Å². The molecule has 2 fully saturated rings. The molecule has 1 aliphatic carbocycles. The van der Waals surface area contributed by atoms with Crippen molar-refractivity contribution in [2.24, 2.45) is 11.0 Å². The lowest BCUT2D eigenvalue weighted by molar-refractivity contribution is -0.121. The van der Waals surface area contributed by atoms with Gasteiger partial charge in [0.2, 0.25) is 5.91 Å². The molecule has 0 aromatic carbocycles. The van der Waals surface area contributed by atoms with Crippen molar-refractivity contribution in [2.45, 2.75) is 58.4 Å². The van der Waals surface area contributed by atoms with E-state index in [1.165, 1.54) is 40.9 Å². The van der Waals surface area contributed by atoms with Crippen LogP contribution >= 0.6 is 11.8 Å². The fourth-order valence-electron chi connectivity index (χ4n) is 4.28. The Morgan fingerprint density at radius 1 is 1.11 bits per heavy atom. The molecule has 45 heavy (non-hydrogen) atoms. The highest BCUT2D eigenvalue weighted by atomic mass is 32.2. The molecule has 2 aromatic heterocycles. The number of halogens is 2. The number of amidine groups is 1. The van der Waals surface area contributed by atoms with Crippen LogP contribution in [-0.4, -0.2) is 76.2 Å². The van der Waals surface area contributed by atoms with Crippen LogP contribution in [0.5, 0.6) is 5.75 Å². The van der Waals surface area contributed by atoms with E-state index in [2.05, 4.69) is 37.7 Å². The Morgan fingerprint density at radius 3 is 2.51 bits per heavy atom. The average Bonchev–Trinajstić information content (AvgIpc) is 3.76. The molecule has 0 bridgehead atoms. The summed E-state index contributed by atoms with van der Waals surface area (Å²) < 4.78 is 37.9.